The summed E-state index contributed by atoms with van der Waals surface area (Å²) < 4.78 is 11.0. The minimum Gasteiger partial charge on any atom is -0.598 e. The molecule has 2 rings (SSSR count). The van der Waals surface area contributed by atoms with Gasteiger partial charge in [0.05, 0.1) is 0 Å². The van der Waals surface area contributed by atoms with E-state index in [2.05, 4.69) is 0 Å². The van der Waals surface area contributed by atoms with Crippen LogP contribution in [-0.4, -0.2) is 33.7 Å². The highest BCUT2D eigenvalue weighted by Gasteiger charge is 2.36. The molecule has 0 radical (unpaired) electrons. The van der Waals surface area contributed by atoms with Crippen LogP contribution < -0.4 is 5.14 Å². The summed E-state index contributed by atoms with van der Waals surface area (Å²) in [5, 5.41) is 5.43. The first kappa shape index (κ1) is 10.3. The first-order valence-corrected chi connectivity index (χ1v) is 6.40. The number of carbonyl (C=O) groups is 1. The van der Waals surface area contributed by atoms with Crippen molar-refractivity contribution in [3.8, 4) is 0 Å². The molecule has 1 saturated carbocycles. The smallest absolute Gasteiger partial charge is 0.225 e. The van der Waals surface area contributed by atoms with E-state index in [-0.39, 0.29) is 5.25 Å². The van der Waals surface area contributed by atoms with Crippen LogP contribution in [0.2, 0.25) is 0 Å². The van der Waals surface area contributed by atoms with E-state index in [0.29, 0.717) is 11.8 Å². The lowest BCUT2D eigenvalue weighted by Crippen LogP contribution is -2.44. The van der Waals surface area contributed by atoms with Crippen molar-refractivity contribution in [2.75, 3.05) is 13.1 Å². The van der Waals surface area contributed by atoms with Crippen molar-refractivity contribution in [2.24, 2.45) is 11.1 Å². The Morgan fingerprint density at radius 2 is 1.86 bits per heavy atom. The molecule has 1 aliphatic carbocycles. The second kappa shape index (κ2) is 4.08. The topological polar surface area (TPSA) is 69.4 Å². The van der Waals surface area contributed by atoms with Crippen LogP contribution in [-0.2, 0) is 16.2 Å². The summed E-state index contributed by atoms with van der Waals surface area (Å²) >= 11 is -1.21. The highest BCUT2D eigenvalue weighted by Crippen LogP contribution is 2.32. The van der Waals surface area contributed by atoms with Gasteiger partial charge in [-0.05, 0) is 12.8 Å². The minimum atomic E-state index is -1.21. The van der Waals surface area contributed by atoms with E-state index in [4.69, 9.17) is 5.14 Å². The van der Waals surface area contributed by atoms with Gasteiger partial charge in [-0.15, -0.1) is 0 Å². The van der Waals surface area contributed by atoms with E-state index in [1.54, 1.807) is 0 Å². The fourth-order valence-electron chi connectivity index (χ4n) is 1.90. The van der Waals surface area contributed by atoms with Crippen LogP contribution in [0.4, 0.5) is 0 Å². The molecule has 2 aliphatic rings. The van der Waals surface area contributed by atoms with Crippen LogP contribution in [0, 0.1) is 5.92 Å². The molecular weight excluding hydrogens is 200 g/mol. The van der Waals surface area contributed by atoms with Crippen molar-refractivity contribution >= 4 is 17.3 Å². The number of hydrogen-bond acceptors (Lipinski definition) is 3. The van der Waals surface area contributed by atoms with Crippen LogP contribution >= 0.6 is 0 Å². The van der Waals surface area contributed by atoms with Crippen LogP contribution in [0.25, 0.3) is 0 Å². The maximum Gasteiger partial charge on any atom is 0.225 e. The predicted octanol–water partition coefficient (Wildman–Crippen LogP) is 0.00980. The average molecular weight is 216 g/mol. The maximum atomic E-state index is 11.7. The van der Waals surface area contributed by atoms with Crippen molar-refractivity contribution in [3.63, 3.8) is 0 Å². The first-order valence-electron chi connectivity index (χ1n) is 5.12. The molecule has 0 bridgehead atoms. The Bertz CT molecular complexity index is 223. The molecule has 0 aromatic rings. The molecule has 1 saturated heterocycles. The maximum absolute atomic E-state index is 11.7. The SMILES string of the molecule is N[S+]([O-])C1CCN(C(=O)C2CC2)CC1. The predicted molar refractivity (Wildman–Crippen MR) is 54.7 cm³/mol. The summed E-state index contributed by atoms with van der Waals surface area (Å²) in [6.45, 7) is 1.48. The number of amides is 1. The van der Waals surface area contributed by atoms with Gasteiger partial charge in [-0.2, -0.15) is 5.14 Å². The van der Waals surface area contributed by atoms with Gasteiger partial charge in [0.25, 0.3) is 0 Å². The summed E-state index contributed by atoms with van der Waals surface area (Å²) in [7, 11) is 0. The summed E-state index contributed by atoms with van der Waals surface area (Å²) in [6, 6.07) is 0. The molecule has 0 aromatic carbocycles. The van der Waals surface area contributed by atoms with Gasteiger partial charge in [-0.3, -0.25) is 4.79 Å². The summed E-state index contributed by atoms with van der Waals surface area (Å²) in [4.78, 5) is 13.6. The molecule has 2 N–H and O–H groups in total. The van der Waals surface area contributed by atoms with Crippen LogP contribution in [0.15, 0.2) is 0 Å². The monoisotopic (exact) mass is 216 g/mol. The lowest BCUT2D eigenvalue weighted by molar-refractivity contribution is -0.133. The molecule has 1 amide bonds. The third kappa shape index (κ3) is 2.21. The van der Waals surface area contributed by atoms with Gasteiger partial charge in [-0.25, -0.2) is 0 Å². The zero-order valence-corrected chi connectivity index (χ0v) is 8.96. The Morgan fingerprint density at radius 3 is 2.29 bits per heavy atom. The molecule has 14 heavy (non-hydrogen) atoms. The van der Waals surface area contributed by atoms with Gasteiger partial charge in [0, 0.05) is 43.2 Å². The molecule has 0 spiro atoms. The molecule has 5 heteroatoms. The molecule has 1 atom stereocenters. The van der Waals surface area contributed by atoms with Crippen molar-refractivity contribution < 1.29 is 9.35 Å². The molecule has 1 heterocycles. The zero-order valence-electron chi connectivity index (χ0n) is 8.15. The number of hydrogen-bond donors (Lipinski definition) is 1. The molecule has 4 nitrogen and oxygen atoms in total. The molecule has 80 valence electrons. The van der Waals surface area contributed by atoms with E-state index in [0.717, 1.165) is 38.8 Å². The van der Waals surface area contributed by atoms with Gasteiger partial charge < -0.3 is 9.45 Å². The fourth-order valence-corrected chi connectivity index (χ4v) is 2.57. The second-order valence-electron chi connectivity index (χ2n) is 4.13. The van der Waals surface area contributed by atoms with E-state index in [9.17, 15) is 9.35 Å². The summed E-state index contributed by atoms with van der Waals surface area (Å²) in [6.07, 6.45) is 3.70. The Morgan fingerprint density at radius 1 is 1.29 bits per heavy atom. The van der Waals surface area contributed by atoms with Gasteiger partial charge >= 0.3 is 0 Å². The standard InChI is InChI=1S/C9H16N2O2S/c10-14(13)8-3-5-11(6-4-8)9(12)7-1-2-7/h7-8H,1-6,10H2. The molecule has 1 aliphatic heterocycles. The summed E-state index contributed by atoms with van der Waals surface area (Å²) in [5.41, 5.74) is 0. The van der Waals surface area contributed by atoms with Crippen molar-refractivity contribution in [1.29, 1.82) is 0 Å². The Hall–Kier alpha value is -0.260. The highest BCUT2D eigenvalue weighted by atomic mass is 32.2. The van der Waals surface area contributed by atoms with Crippen LogP contribution in [0.3, 0.4) is 0 Å². The molecular formula is C9H16N2O2S. The quantitative estimate of drug-likeness (QED) is 0.661. The molecule has 2 fully saturated rings. The van der Waals surface area contributed by atoms with Crippen molar-refractivity contribution in [1.82, 2.24) is 4.90 Å². The number of piperidine rings is 1. The van der Waals surface area contributed by atoms with E-state index >= 15 is 0 Å². The highest BCUT2D eigenvalue weighted by molar-refractivity contribution is 7.89. The van der Waals surface area contributed by atoms with Gasteiger partial charge in [-0.1, -0.05) is 0 Å². The number of rotatable bonds is 2. The van der Waals surface area contributed by atoms with Gasteiger partial charge in [0.1, 0.15) is 5.25 Å². The van der Waals surface area contributed by atoms with E-state index in [1.807, 2.05) is 4.90 Å². The Kier molecular flexibility index (Phi) is 2.99. The van der Waals surface area contributed by atoms with E-state index in [1.165, 1.54) is 0 Å². The van der Waals surface area contributed by atoms with Crippen molar-refractivity contribution in [3.05, 3.63) is 0 Å². The lowest BCUT2D eigenvalue weighted by Gasteiger charge is -2.31. The third-order valence-electron chi connectivity index (χ3n) is 3.01. The number of nitrogens with two attached hydrogens (primary N) is 1. The first-order chi connectivity index (χ1) is 6.68. The molecule has 1 unspecified atom stereocenters. The van der Waals surface area contributed by atoms with Crippen LogP contribution in [0.5, 0.6) is 0 Å². The number of nitrogens with zero attached hydrogens (tertiary/aromatic N) is 1. The number of likely N-dealkylation sites (tertiary alicyclic amines) is 1. The van der Waals surface area contributed by atoms with Crippen molar-refractivity contribution in [2.45, 2.75) is 30.9 Å². The average Bonchev–Trinajstić information content (AvgIpc) is 3.00. The Labute approximate surface area is 87.1 Å². The second-order valence-corrected chi connectivity index (χ2v) is 5.45. The third-order valence-corrected chi connectivity index (χ3v) is 4.14. The zero-order chi connectivity index (χ0) is 10.1. The normalized spacial score (nSPS) is 26.3. The van der Waals surface area contributed by atoms with Gasteiger partial charge in [0.2, 0.25) is 5.91 Å². The lowest BCUT2D eigenvalue weighted by atomic mass is 10.1. The minimum absolute atomic E-state index is 0.0956. The van der Waals surface area contributed by atoms with Crippen LogP contribution in [0.1, 0.15) is 25.7 Å². The Balaban J connectivity index is 1.80. The fraction of sp³-hybridized carbons (Fsp3) is 0.889. The number of carbonyl (C=O) groups excluding carboxylic acids is 1. The molecule has 0 aromatic heterocycles. The van der Waals surface area contributed by atoms with E-state index < -0.39 is 11.4 Å². The summed E-state index contributed by atoms with van der Waals surface area (Å²) in [5.74, 6) is 0.598. The van der Waals surface area contributed by atoms with Gasteiger partial charge in [0.15, 0.2) is 0 Å². The largest absolute Gasteiger partial charge is 0.598 e.